The molecule has 1 atom stereocenters. The van der Waals surface area contributed by atoms with Gasteiger partial charge in [-0.25, -0.2) is 9.59 Å². The van der Waals surface area contributed by atoms with Crippen LogP contribution < -0.4 is 20.1 Å². The second-order valence-electron chi connectivity index (χ2n) is 8.76. The molecule has 2 N–H and O–H groups in total. The molecule has 2 aromatic rings. The Labute approximate surface area is 201 Å². The predicted molar refractivity (Wildman–Crippen MR) is 131 cm³/mol. The van der Waals surface area contributed by atoms with Crippen LogP contribution in [0.1, 0.15) is 61.9 Å². The Balaban J connectivity index is 1.93. The minimum Gasteiger partial charge on any atom is -0.493 e. The third kappa shape index (κ3) is 5.90. The summed E-state index contributed by atoms with van der Waals surface area (Å²) in [6.07, 6.45) is 1.05. The molecule has 0 saturated carbocycles. The molecule has 7 nitrogen and oxygen atoms in total. The van der Waals surface area contributed by atoms with Gasteiger partial charge in [0.1, 0.15) is 6.61 Å². The maximum atomic E-state index is 13.0. The van der Waals surface area contributed by atoms with E-state index in [1.807, 2.05) is 19.9 Å². The molecule has 0 aromatic heterocycles. The summed E-state index contributed by atoms with van der Waals surface area (Å²) in [6, 6.07) is 10.7. The summed E-state index contributed by atoms with van der Waals surface area (Å²) in [5.41, 5.74) is 5.11. The summed E-state index contributed by atoms with van der Waals surface area (Å²) < 4.78 is 17.2. The lowest BCUT2D eigenvalue weighted by Crippen LogP contribution is -2.46. The van der Waals surface area contributed by atoms with Crippen molar-refractivity contribution in [1.29, 1.82) is 0 Å². The zero-order valence-corrected chi connectivity index (χ0v) is 20.8. The number of nitrogens with one attached hydrogen (secondary N) is 2. The fourth-order valence-corrected chi connectivity index (χ4v) is 3.93. The van der Waals surface area contributed by atoms with Crippen molar-refractivity contribution in [2.45, 2.75) is 66.2 Å². The van der Waals surface area contributed by atoms with Gasteiger partial charge in [0.05, 0.1) is 24.8 Å². The molecule has 1 unspecified atom stereocenters. The Hall–Kier alpha value is -3.48. The topological polar surface area (TPSA) is 85.9 Å². The number of rotatable bonds is 9. The van der Waals surface area contributed by atoms with Crippen LogP contribution in [0.15, 0.2) is 47.7 Å². The SMILES string of the molecule is CCCC1=C(C(=O)OC(C)C)C(c2ccc(OCc3cc(C)ccc3C)c(OC)c2)NC(=O)N1. The van der Waals surface area contributed by atoms with E-state index in [4.69, 9.17) is 14.2 Å². The molecular weight excluding hydrogens is 432 g/mol. The van der Waals surface area contributed by atoms with Crippen LogP contribution in [-0.2, 0) is 16.1 Å². The second-order valence-corrected chi connectivity index (χ2v) is 8.76. The first kappa shape index (κ1) is 25.1. The lowest BCUT2D eigenvalue weighted by atomic mass is 9.93. The minimum absolute atomic E-state index is 0.281. The fourth-order valence-electron chi connectivity index (χ4n) is 3.93. The monoisotopic (exact) mass is 466 g/mol. The standard InChI is InChI=1S/C27H34N2O5/c1-7-8-21-24(26(30)34-16(2)3)25(29-27(31)28-21)19-11-12-22(23(14-19)32-6)33-15-20-13-17(4)9-10-18(20)5/h9-14,16,25H,7-8,15H2,1-6H3,(H2,28,29,31). The number of hydrogen-bond acceptors (Lipinski definition) is 5. The number of urea groups is 1. The zero-order valence-electron chi connectivity index (χ0n) is 20.8. The Morgan fingerprint density at radius 1 is 1.09 bits per heavy atom. The largest absolute Gasteiger partial charge is 0.493 e. The highest BCUT2D eigenvalue weighted by Gasteiger charge is 2.34. The first-order valence-corrected chi connectivity index (χ1v) is 11.6. The van der Waals surface area contributed by atoms with Gasteiger partial charge in [0.2, 0.25) is 0 Å². The van der Waals surface area contributed by atoms with Crippen LogP contribution in [0, 0.1) is 13.8 Å². The molecule has 0 bridgehead atoms. The van der Waals surface area contributed by atoms with Crippen molar-refractivity contribution < 1.29 is 23.8 Å². The van der Waals surface area contributed by atoms with Crippen LogP contribution in [0.5, 0.6) is 11.5 Å². The molecule has 0 saturated heterocycles. The normalized spacial score (nSPS) is 15.6. The molecule has 182 valence electrons. The van der Waals surface area contributed by atoms with Crippen molar-refractivity contribution in [2.24, 2.45) is 0 Å². The average Bonchev–Trinajstić information content (AvgIpc) is 2.78. The number of esters is 1. The summed E-state index contributed by atoms with van der Waals surface area (Å²) in [6.45, 7) is 10.1. The lowest BCUT2D eigenvalue weighted by molar-refractivity contribution is -0.143. The van der Waals surface area contributed by atoms with Crippen molar-refractivity contribution >= 4 is 12.0 Å². The van der Waals surface area contributed by atoms with Crippen LogP contribution in [0.4, 0.5) is 4.79 Å². The molecule has 1 aliphatic heterocycles. The third-order valence-electron chi connectivity index (χ3n) is 5.63. The van der Waals surface area contributed by atoms with Crippen LogP contribution in [-0.4, -0.2) is 25.2 Å². The van der Waals surface area contributed by atoms with E-state index in [0.29, 0.717) is 41.4 Å². The van der Waals surface area contributed by atoms with Crippen molar-refractivity contribution in [3.05, 3.63) is 69.9 Å². The number of benzene rings is 2. The van der Waals surface area contributed by atoms with Gasteiger partial charge in [-0.3, -0.25) is 0 Å². The van der Waals surface area contributed by atoms with E-state index < -0.39 is 12.0 Å². The molecule has 1 aliphatic rings. The maximum absolute atomic E-state index is 13.0. The molecular formula is C27H34N2O5. The highest BCUT2D eigenvalue weighted by molar-refractivity contribution is 5.95. The van der Waals surface area contributed by atoms with Crippen LogP contribution in [0.3, 0.4) is 0 Å². The molecule has 0 aliphatic carbocycles. The van der Waals surface area contributed by atoms with Crippen molar-refractivity contribution in [1.82, 2.24) is 10.6 Å². The number of methoxy groups -OCH3 is 1. The van der Waals surface area contributed by atoms with E-state index in [1.54, 1.807) is 33.1 Å². The lowest BCUT2D eigenvalue weighted by Gasteiger charge is -2.30. The summed E-state index contributed by atoms with van der Waals surface area (Å²) in [5.74, 6) is 0.644. The van der Waals surface area contributed by atoms with E-state index in [-0.39, 0.29) is 12.1 Å². The summed E-state index contributed by atoms with van der Waals surface area (Å²) in [5, 5.41) is 5.64. The number of carbonyl (C=O) groups excluding carboxylic acids is 2. The highest BCUT2D eigenvalue weighted by Crippen LogP contribution is 2.36. The molecule has 2 aromatic carbocycles. The number of ether oxygens (including phenoxy) is 3. The van der Waals surface area contributed by atoms with Gasteiger partial charge >= 0.3 is 12.0 Å². The fraction of sp³-hybridized carbons (Fsp3) is 0.407. The van der Waals surface area contributed by atoms with Gasteiger partial charge in [0.25, 0.3) is 0 Å². The van der Waals surface area contributed by atoms with Gasteiger partial charge in [-0.15, -0.1) is 0 Å². The van der Waals surface area contributed by atoms with Crippen LogP contribution in [0.25, 0.3) is 0 Å². The second kappa shape index (κ2) is 11.1. The van der Waals surface area contributed by atoms with Gasteiger partial charge in [0, 0.05) is 5.70 Å². The number of aryl methyl sites for hydroxylation is 2. The van der Waals surface area contributed by atoms with Crippen molar-refractivity contribution in [3.8, 4) is 11.5 Å². The predicted octanol–water partition coefficient (Wildman–Crippen LogP) is 5.25. The van der Waals surface area contributed by atoms with Crippen LogP contribution in [0.2, 0.25) is 0 Å². The van der Waals surface area contributed by atoms with Gasteiger partial charge in [-0.05, 0) is 62.9 Å². The Kier molecular flexibility index (Phi) is 8.21. The van der Waals surface area contributed by atoms with E-state index in [1.165, 1.54) is 5.56 Å². The summed E-state index contributed by atoms with van der Waals surface area (Å²) in [4.78, 5) is 25.4. The average molecular weight is 467 g/mol. The summed E-state index contributed by atoms with van der Waals surface area (Å²) in [7, 11) is 1.57. The first-order valence-electron chi connectivity index (χ1n) is 11.6. The zero-order chi connectivity index (χ0) is 24.8. The number of allylic oxidation sites excluding steroid dienone is 1. The third-order valence-corrected chi connectivity index (χ3v) is 5.63. The number of hydrogen-bond donors (Lipinski definition) is 2. The van der Waals surface area contributed by atoms with Crippen molar-refractivity contribution in [2.75, 3.05) is 7.11 Å². The molecule has 0 radical (unpaired) electrons. The van der Waals surface area contributed by atoms with Gasteiger partial charge in [0.15, 0.2) is 11.5 Å². The maximum Gasteiger partial charge on any atom is 0.338 e. The van der Waals surface area contributed by atoms with Crippen LogP contribution >= 0.6 is 0 Å². The van der Waals surface area contributed by atoms with Crippen molar-refractivity contribution in [3.63, 3.8) is 0 Å². The van der Waals surface area contributed by atoms with Gasteiger partial charge < -0.3 is 24.8 Å². The molecule has 34 heavy (non-hydrogen) atoms. The van der Waals surface area contributed by atoms with E-state index in [0.717, 1.165) is 17.5 Å². The summed E-state index contributed by atoms with van der Waals surface area (Å²) >= 11 is 0. The van der Waals surface area contributed by atoms with Gasteiger partial charge in [-0.1, -0.05) is 43.2 Å². The van der Waals surface area contributed by atoms with E-state index >= 15 is 0 Å². The molecule has 0 fully saturated rings. The Morgan fingerprint density at radius 2 is 1.85 bits per heavy atom. The Bertz CT molecular complexity index is 1090. The molecule has 1 heterocycles. The first-order chi connectivity index (χ1) is 16.2. The number of carbonyl (C=O) groups is 2. The quantitative estimate of drug-likeness (QED) is 0.493. The Morgan fingerprint density at radius 3 is 2.53 bits per heavy atom. The smallest absolute Gasteiger partial charge is 0.338 e. The molecule has 7 heteroatoms. The molecule has 2 amide bonds. The number of amides is 2. The highest BCUT2D eigenvalue weighted by atomic mass is 16.5. The minimum atomic E-state index is -0.663. The van der Waals surface area contributed by atoms with Gasteiger partial charge in [-0.2, -0.15) is 0 Å². The molecule has 3 rings (SSSR count). The van der Waals surface area contributed by atoms with E-state index in [9.17, 15) is 9.59 Å². The van der Waals surface area contributed by atoms with E-state index in [2.05, 4.69) is 35.8 Å². The molecule has 0 spiro atoms.